The highest BCUT2D eigenvalue weighted by Crippen LogP contribution is 2.28. The van der Waals surface area contributed by atoms with Crippen LogP contribution in [0.3, 0.4) is 0 Å². The van der Waals surface area contributed by atoms with Crippen LogP contribution >= 0.6 is 0 Å². The molecule has 0 radical (unpaired) electrons. The summed E-state index contributed by atoms with van der Waals surface area (Å²) in [5, 5.41) is 12.6. The topological polar surface area (TPSA) is 128 Å². The van der Waals surface area contributed by atoms with Gasteiger partial charge in [0.25, 0.3) is 5.91 Å². The van der Waals surface area contributed by atoms with Gasteiger partial charge in [0.15, 0.2) is 5.69 Å². The van der Waals surface area contributed by atoms with Gasteiger partial charge in [-0.15, -0.1) is 0 Å². The van der Waals surface area contributed by atoms with E-state index in [2.05, 4.69) is 20.6 Å². The van der Waals surface area contributed by atoms with E-state index in [1.54, 1.807) is 0 Å². The Labute approximate surface area is 167 Å². The first-order valence-corrected chi connectivity index (χ1v) is 9.81. The normalized spacial score (nSPS) is 18.6. The number of sulfonamides is 1. The number of nitrogens with zero attached hydrogens (tertiary/aromatic N) is 3. The first kappa shape index (κ1) is 21.4. The summed E-state index contributed by atoms with van der Waals surface area (Å²) in [6, 6.07) is 2.25. The van der Waals surface area contributed by atoms with Crippen molar-refractivity contribution in [1.29, 1.82) is 5.41 Å². The van der Waals surface area contributed by atoms with Crippen molar-refractivity contribution in [3.63, 3.8) is 0 Å². The summed E-state index contributed by atoms with van der Waals surface area (Å²) in [7, 11) is -2.66. The average molecular weight is 446 g/mol. The van der Waals surface area contributed by atoms with E-state index in [4.69, 9.17) is 5.41 Å². The zero-order chi connectivity index (χ0) is 22.3. The smallest absolute Gasteiger partial charge is 0.348 e. The van der Waals surface area contributed by atoms with E-state index in [0.29, 0.717) is 12.4 Å². The third-order valence-electron chi connectivity index (χ3n) is 4.22. The Hall–Kier alpha value is -3.29. The van der Waals surface area contributed by atoms with Gasteiger partial charge in [-0.1, -0.05) is 0 Å². The van der Waals surface area contributed by atoms with Crippen LogP contribution in [0.2, 0.25) is 0 Å². The van der Waals surface area contributed by atoms with Gasteiger partial charge in [-0.05, 0) is 18.2 Å². The molecule has 1 amide bonds. The van der Waals surface area contributed by atoms with E-state index in [-0.39, 0.29) is 11.3 Å². The molecule has 1 unspecified atom stereocenters. The van der Waals surface area contributed by atoms with Gasteiger partial charge in [0, 0.05) is 18.3 Å². The Bertz CT molecular complexity index is 1100. The Morgan fingerprint density at radius 2 is 2.00 bits per heavy atom. The van der Waals surface area contributed by atoms with E-state index in [0.717, 1.165) is 16.4 Å². The second-order valence-electron chi connectivity index (χ2n) is 6.27. The Kier molecular flexibility index (Phi) is 5.36. The molecule has 0 saturated carbocycles. The monoisotopic (exact) mass is 446 g/mol. The van der Waals surface area contributed by atoms with Crippen LogP contribution in [0.25, 0.3) is 0 Å². The lowest BCUT2D eigenvalue weighted by Crippen LogP contribution is -2.52. The van der Waals surface area contributed by atoms with Crippen LogP contribution in [0.5, 0.6) is 0 Å². The van der Waals surface area contributed by atoms with Gasteiger partial charge in [-0.25, -0.2) is 27.1 Å². The highest BCUT2D eigenvalue weighted by molar-refractivity contribution is 7.89. The molecule has 1 saturated heterocycles. The third-order valence-corrected chi connectivity index (χ3v) is 6.00. The van der Waals surface area contributed by atoms with Crippen LogP contribution < -0.4 is 10.6 Å². The first-order valence-electron chi connectivity index (χ1n) is 8.20. The number of benzene rings is 1. The van der Waals surface area contributed by atoms with E-state index >= 15 is 0 Å². The van der Waals surface area contributed by atoms with E-state index < -0.39 is 57.1 Å². The molecule has 1 aromatic carbocycles. The molecule has 160 valence electrons. The number of anilines is 1. The molecule has 0 bridgehead atoms. The SMILES string of the molecule is CN1C(=N)NC(c2cc(NC(=O)c3cnc(C(F)(F)F)cn3)ccc2F)CS1(=O)=O. The second kappa shape index (κ2) is 7.51. The van der Waals surface area contributed by atoms with E-state index in [1.807, 2.05) is 0 Å². The van der Waals surface area contributed by atoms with Crippen molar-refractivity contribution in [3.05, 3.63) is 53.4 Å². The van der Waals surface area contributed by atoms with Gasteiger partial charge < -0.3 is 10.6 Å². The number of aromatic nitrogens is 2. The average Bonchev–Trinajstić information content (AvgIpc) is 2.66. The van der Waals surface area contributed by atoms with Crippen LogP contribution in [0, 0.1) is 11.2 Å². The van der Waals surface area contributed by atoms with Gasteiger partial charge in [0.05, 0.1) is 24.2 Å². The number of rotatable bonds is 3. The summed E-state index contributed by atoms with van der Waals surface area (Å²) in [4.78, 5) is 18.8. The van der Waals surface area contributed by atoms with Gasteiger partial charge >= 0.3 is 6.18 Å². The molecule has 1 fully saturated rings. The zero-order valence-corrected chi connectivity index (χ0v) is 16.0. The predicted molar refractivity (Wildman–Crippen MR) is 96.5 cm³/mol. The fourth-order valence-corrected chi connectivity index (χ4v) is 3.84. The summed E-state index contributed by atoms with van der Waals surface area (Å²) >= 11 is 0. The molecule has 2 aromatic rings. The number of alkyl halides is 3. The quantitative estimate of drug-likeness (QED) is 0.616. The Morgan fingerprint density at radius 1 is 1.30 bits per heavy atom. The summed E-state index contributed by atoms with van der Waals surface area (Å²) in [6.45, 7) is 0. The molecule has 1 atom stereocenters. The van der Waals surface area contributed by atoms with Gasteiger partial charge in [0.1, 0.15) is 11.5 Å². The van der Waals surface area contributed by atoms with Crippen molar-refractivity contribution < 1.29 is 30.8 Å². The van der Waals surface area contributed by atoms with Crippen molar-refractivity contribution in [3.8, 4) is 0 Å². The van der Waals surface area contributed by atoms with Crippen molar-refractivity contribution in [2.24, 2.45) is 0 Å². The highest BCUT2D eigenvalue weighted by Gasteiger charge is 2.35. The number of carbonyl (C=O) groups excluding carboxylic acids is 1. The molecular weight excluding hydrogens is 432 g/mol. The third kappa shape index (κ3) is 4.32. The molecule has 30 heavy (non-hydrogen) atoms. The maximum atomic E-state index is 14.3. The number of carbonyl (C=O) groups is 1. The van der Waals surface area contributed by atoms with Crippen LogP contribution in [-0.2, 0) is 16.2 Å². The number of nitrogens with one attached hydrogen (secondary N) is 3. The fraction of sp³-hybridized carbons (Fsp3) is 0.250. The molecule has 1 aromatic heterocycles. The lowest BCUT2D eigenvalue weighted by Gasteiger charge is -2.32. The molecular formula is C16H14F4N6O3S. The summed E-state index contributed by atoms with van der Waals surface area (Å²) in [6.07, 6.45) is -3.65. The first-order chi connectivity index (χ1) is 13.9. The number of hydrogen-bond acceptors (Lipinski definition) is 6. The standard InChI is InChI=1S/C16H14F4N6O3S/c1-26-15(21)25-12(7-30(26,28)29)9-4-8(2-3-10(9)17)24-14(27)11-5-23-13(6-22-11)16(18,19)20/h2-6,12H,7H2,1H3,(H2,21,25)(H,24,27). The minimum atomic E-state index is -4.71. The molecule has 9 nitrogen and oxygen atoms in total. The van der Waals surface area contributed by atoms with Crippen molar-refractivity contribution >= 4 is 27.6 Å². The molecule has 0 spiro atoms. The van der Waals surface area contributed by atoms with Gasteiger partial charge in [-0.3, -0.25) is 10.2 Å². The molecule has 1 aliphatic heterocycles. The summed E-state index contributed by atoms with van der Waals surface area (Å²) < 4.78 is 76.8. The van der Waals surface area contributed by atoms with Crippen molar-refractivity contribution in [2.75, 3.05) is 18.1 Å². The minimum Gasteiger partial charge on any atom is -0.348 e. The lowest BCUT2D eigenvalue weighted by molar-refractivity contribution is -0.141. The lowest BCUT2D eigenvalue weighted by atomic mass is 10.1. The second-order valence-corrected chi connectivity index (χ2v) is 8.31. The summed E-state index contributed by atoms with van der Waals surface area (Å²) in [5.41, 5.74) is -1.74. The van der Waals surface area contributed by atoms with E-state index in [1.165, 1.54) is 13.1 Å². The fourth-order valence-electron chi connectivity index (χ4n) is 2.60. The van der Waals surface area contributed by atoms with Crippen LogP contribution in [0.15, 0.2) is 30.6 Å². The molecule has 3 N–H and O–H groups in total. The predicted octanol–water partition coefficient (Wildman–Crippen LogP) is 1.73. The number of halogens is 4. The summed E-state index contributed by atoms with van der Waals surface area (Å²) in [5.74, 6) is -2.64. The maximum Gasteiger partial charge on any atom is 0.434 e. The van der Waals surface area contributed by atoms with Crippen molar-refractivity contribution in [1.82, 2.24) is 19.6 Å². The molecule has 2 heterocycles. The van der Waals surface area contributed by atoms with Crippen molar-refractivity contribution in [2.45, 2.75) is 12.2 Å². The molecule has 0 aliphatic carbocycles. The van der Waals surface area contributed by atoms with Gasteiger partial charge in [0.2, 0.25) is 16.0 Å². The largest absolute Gasteiger partial charge is 0.434 e. The highest BCUT2D eigenvalue weighted by atomic mass is 32.2. The van der Waals surface area contributed by atoms with Gasteiger partial charge in [-0.2, -0.15) is 13.2 Å². The zero-order valence-electron chi connectivity index (χ0n) is 15.2. The molecule has 3 rings (SSSR count). The molecule has 1 aliphatic rings. The molecule has 14 heteroatoms. The minimum absolute atomic E-state index is 0.0442. The maximum absolute atomic E-state index is 14.3. The van der Waals surface area contributed by atoms with Crippen LogP contribution in [-0.4, -0.2) is 47.4 Å². The Morgan fingerprint density at radius 3 is 2.57 bits per heavy atom. The number of guanidine groups is 1. The number of hydrogen-bond donors (Lipinski definition) is 3. The van der Waals surface area contributed by atoms with E-state index in [9.17, 15) is 30.8 Å². The Balaban J connectivity index is 1.82. The van der Waals surface area contributed by atoms with Crippen LogP contribution in [0.1, 0.15) is 27.8 Å². The van der Waals surface area contributed by atoms with Crippen LogP contribution in [0.4, 0.5) is 23.2 Å². The number of amides is 1.